The predicted octanol–water partition coefficient (Wildman–Crippen LogP) is 7.84. The maximum atomic E-state index is 7.01. The van der Waals surface area contributed by atoms with Gasteiger partial charge in [-0.05, 0) is 42.3 Å². The Kier molecular flexibility index (Phi) is 5.59. The topological polar surface area (TPSA) is 29.9 Å². The van der Waals surface area contributed by atoms with Crippen LogP contribution in [-0.2, 0) is 13.0 Å². The first-order valence-corrected chi connectivity index (χ1v) is 12.2. The molecule has 2 aromatic heterocycles. The minimum absolute atomic E-state index is 0.119. The van der Waals surface area contributed by atoms with E-state index in [1.165, 1.54) is 27.6 Å². The van der Waals surface area contributed by atoms with Gasteiger partial charge in [-0.25, -0.2) is 0 Å². The Morgan fingerprint density at radius 1 is 0.714 bits per heavy atom. The van der Waals surface area contributed by atoms with Crippen LogP contribution in [0.1, 0.15) is 28.5 Å². The Hall–Kier alpha value is -4.24. The minimum Gasteiger partial charge on any atom is -0.483 e. The summed E-state index contributed by atoms with van der Waals surface area (Å²) in [6, 6.07) is 38.4. The van der Waals surface area contributed by atoms with Crippen molar-refractivity contribution in [1.82, 2.24) is 9.55 Å². The summed E-state index contributed by atoms with van der Waals surface area (Å²) in [5.74, 6) is 0.963. The Morgan fingerprint density at radius 2 is 1.43 bits per heavy atom. The lowest BCUT2D eigenvalue weighted by molar-refractivity contribution is 0.208. The fraction of sp³-hybridized carbons (Fsp3) is 0.125. The van der Waals surface area contributed by atoms with Gasteiger partial charge < -0.3 is 14.3 Å². The summed E-state index contributed by atoms with van der Waals surface area (Å²) in [5, 5.41) is 2.36. The van der Waals surface area contributed by atoms with Crippen LogP contribution in [-0.4, -0.2) is 9.55 Å². The molecule has 0 aliphatic rings. The van der Waals surface area contributed by atoms with Gasteiger partial charge in [-0.15, -0.1) is 0 Å². The van der Waals surface area contributed by atoms with E-state index in [2.05, 4.69) is 126 Å². The van der Waals surface area contributed by atoms with Crippen LogP contribution in [0.25, 0.3) is 21.8 Å². The number of hydrogen-bond acceptors (Lipinski definition) is 1. The maximum absolute atomic E-state index is 7.01. The van der Waals surface area contributed by atoms with Crippen LogP contribution >= 0.6 is 0 Å². The summed E-state index contributed by atoms with van der Waals surface area (Å²) < 4.78 is 9.38. The number of para-hydroxylation sites is 1. The highest BCUT2D eigenvalue weighted by Crippen LogP contribution is 2.38. The summed E-state index contributed by atoms with van der Waals surface area (Å²) >= 11 is 0. The zero-order valence-corrected chi connectivity index (χ0v) is 19.8. The van der Waals surface area contributed by atoms with Crippen LogP contribution in [0.15, 0.2) is 115 Å². The molecule has 6 rings (SSSR count). The van der Waals surface area contributed by atoms with Crippen molar-refractivity contribution in [2.75, 3.05) is 0 Å². The average Bonchev–Trinajstić information content (AvgIpc) is 3.49. The van der Waals surface area contributed by atoms with Gasteiger partial charge >= 0.3 is 0 Å². The van der Waals surface area contributed by atoms with Crippen molar-refractivity contribution in [3.05, 3.63) is 138 Å². The first kappa shape index (κ1) is 21.3. The standard InChI is InChI=1S/C32H28N2O/c1-23-32(28-15-8-9-18-30(28)34(23)22-25-13-6-3-7-14-25)35-31(21-24-11-4-2-5-12-24)27-16-10-17-29-26(27)19-20-33-29/h2-20,31,33H,21-22H2,1H3. The van der Waals surface area contributed by atoms with Gasteiger partial charge in [0.2, 0.25) is 0 Å². The molecular weight excluding hydrogens is 428 g/mol. The molecular formula is C32H28N2O. The summed E-state index contributed by atoms with van der Waals surface area (Å²) in [6.45, 7) is 2.99. The van der Waals surface area contributed by atoms with Gasteiger partial charge in [-0.2, -0.15) is 0 Å². The number of nitrogens with one attached hydrogen (secondary N) is 1. The van der Waals surface area contributed by atoms with E-state index in [0.29, 0.717) is 0 Å². The highest BCUT2D eigenvalue weighted by molar-refractivity contribution is 5.89. The van der Waals surface area contributed by atoms with Crippen molar-refractivity contribution >= 4 is 21.8 Å². The SMILES string of the molecule is Cc1c(OC(Cc2ccccc2)c2cccc3[nH]ccc23)c2ccccc2n1Cc1ccccc1. The lowest BCUT2D eigenvalue weighted by Gasteiger charge is -2.21. The maximum Gasteiger partial charge on any atom is 0.148 e. The van der Waals surface area contributed by atoms with Crippen molar-refractivity contribution in [1.29, 1.82) is 0 Å². The number of benzene rings is 4. The van der Waals surface area contributed by atoms with Crippen LogP contribution in [0.4, 0.5) is 0 Å². The number of H-pyrrole nitrogens is 1. The molecule has 3 heteroatoms. The number of ether oxygens (including phenoxy) is 1. The van der Waals surface area contributed by atoms with Gasteiger partial charge in [0.25, 0.3) is 0 Å². The number of hydrogen-bond donors (Lipinski definition) is 1. The molecule has 6 aromatic rings. The first-order valence-electron chi connectivity index (χ1n) is 12.2. The van der Waals surface area contributed by atoms with E-state index in [4.69, 9.17) is 4.74 Å². The van der Waals surface area contributed by atoms with Crippen molar-refractivity contribution in [3.8, 4) is 5.75 Å². The third-order valence-electron chi connectivity index (χ3n) is 6.86. The molecule has 0 spiro atoms. The summed E-state index contributed by atoms with van der Waals surface area (Å²) in [7, 11) is 0. The monoisotopic (exact) mass is 456 g/mol. The number of aromatic amines is 1. The molecule has 3 nitrogen and oxygen atoms in total. The Balaban J connectivity index is 1.46. The molecule has 0 radical (unpaired) electrons. The van der Waals surface area contributed by atoms with E-state index in [1.54, 1.807) is 0 Å². The van der Waals surface area contributed by atoms with E-state index in [1.807, 2.05) is 6.20 Å². The number of rotatable bonds is 7. The van der Waals surface area contributed by atoms with Crippen molar-refractivity contribution in [3.63, 3.8) is 0 Å². The molecule has 0 bridgehead atoms. The van der Waals surface area contributed by atoms with Gasteiger partial charge in [0.05, 0.1) is 11.2 Å². The van der Waals surface area contributed by atoms with Crippen LogP contribution < -0.4 is 4.74 Å². The van der Waals surface area contributed by atoms with Crippen LogP contribution in [0, 0.1) is 6.92 Å². The molecule has 0 saturated carbocycles. The van der Waals surface area contributed by atoms with E-state index in [0.717, 1.165) is 35.3 Å². The smallest absolute Gasteiger partial charge is 0.148 e. The first-order chi connectivity index (χ1) is 17.3. The normalized spacial score (nSPS) is 12.3. The molecule has 0 fully saturated rings. The molecule has 172 valence electrons. The number of nitrogens with zero attached hydrogens (tertiary/aromatic N) is 1. The fourth-order valence-corrected chi connectivity index (χ4v) is 5.09. The van der Waals surface area contributed by atoms with Gasteiger partial charge in [0, 0.05) is 41.0 Å². The van der Waals surface area contributed by atoms with Gasteiger partial charge in [-0.1, -0.05) is 84.9 Å². The average molecular weight is 457 g/mol. The molecule has 1 N–H and O–H groups in total. The largest absolute Gasteiger partial charge is 0.483 e. The van der Waals surface area contributed by atoms with E-state index < -0.39 is 0 Å². The second kappa shape index (κ2) is 9.19. The van der Waals surface area contributed by atoms with Crippen LogP contribution in [0.5, 0.6) is 5.75 Å². The summed E-state index contributed by atoms with van der Waals surface area (Å²) in [4.78, 5) is 3.36. The molecule has 1 atom stereocenters. The molecule has 35 heavy (non-hydrogen) atoms. The lowest BCUT2D eigenvalue weighted by atomic mass is 9.98. The van der Waals surface area contributed by atoms with Crippen LogP contribution in [0.3, 0.4) is 0 Å². The molecule has 0 saturated heterocycles. The van der Waals surface area contributed by atoms with Crippen molar-refractivity contribution < 1.29 is 4.74 Å². The Bertz CT molecular complexity index is 1580. The third-order valence-corrected chi connectivity index (χ3v) is 6.86. The second-order valence-electron chi connectivity index (χ2n) is 9.09. The number of aromatic nitrogens is 2. The molecule has 0 amide bonds. The lowest BCUT2D eigenvalue weighted by Crippen LogP contribution is -2.12. The quantitative estimate of drug-likeness (QED) is 0.260. The fourth-order valence-electron chi connectivity index (χ4n) is 5.09. The van der Waals surface area contributed by atoms with Gasteiger partial charge in [0.1, 0.15) is 11.9 Å². The van der Waals surface area contributed by atoms with E-state index >= 15 is 0 Å². The van der Waals surface area contributed by atoms with Gasteiger partial charge in [-0.3, -0.25) is 0 Å². The zero-order chi connectivity index (χ0) is 23.6. The molecule has 0 aliphatic carbocycles. The van der Waals surface area contributed by atoms with Crippen molar-refractivity contribution in [2.45, 2.75) is 26.0 Å². The van der Waals surface area contributed by atoms with Gasteiger partial charge in [0.15, 0.2) is 0 Å². The molecule has 1 unspecified atom stereocenters. The highest BCUT2D eigenvalue weighted by atomic mass is 16.5. The predicted molar refractivity (Wildman–Crippen MR) is 144 cm³/mol. The van der Waals surface area contributed by atoms with E-state index in [-0.39, 0.29) is 6.10 Å². The molecule has 0 aliphatic heterocycles. The zero-order valence-electron chi connectivity index (χ0n) is 19.8. The van der Waals surface area contributed by atoms with Crippen molar-refractivity contribution in [2.24, 2.45) is 0 Å². The minimum atomic E-state index is -0.119. The number of fused-ring (bicyclic) bond motifs is 2. The summed E-state index contributed by atoms with van der Waals surface area (Å²) in [5.41, 5.74) is 7.22. The molecule has 4 aromatic carbocycles. The molecule has 2 heterocycles. The van der Waals surface area contributed by atoms with Crippen LogP contribution in [0.2, 0.25) is 0 Å². The Labute approximate surface area is 205 Å². The van der Waals surface area contributed by atoms with E-state index in [9.17, 15) is 0 Å². The third kappa shape index (κ3) is 4.10. The second-order valence-corrected chi connectivity index (χ2v) is 9.09. The summed E-state index contributed by atoms with van der Waals surface area (Å²) in [6.07, 6.45) is 2.68. The Morgan fingerprint density at radius 3 is 2.23 bits per heavy atom. The highest BCUT2D eigenvalue weighted by Gasteiger charge is 2.22.